The minimum absolute atomic E-state index is 0.0209. The first-order valence-corrected chi connectivity index (χ1v) is 11.7. The highest BCUT2D eigenvalue weighted by Gasteiger charge is 2.29. The molecule has 7 nitrogen and oxygen atoms in total. The minimum atomic E-state index is -3.80. The number of para-hydroxylation sites is 2. The summed E-state index contributed by atoms with van der Waals surface area (Å²) in [5.41, 5.74) is 1.70. The van der Waals surface area contributed by atoms with E-state index in [1.54, 1.807) is 18.2 Å². The van der Waals surface area contributed by atoms with Gasteiger partial charge in [0, 0.05) is 6.54 Å². The second kappa shape index (κ2) is 9.41. The predicted octanol–water partition coefficient (Wildman–Crippen LogP) is 3.76. The molecule has 0 aromatic heterocycles. The van der Waals surface area contributed by atoms with Gasteiger partial charge in [0.2, 0.25) is 0 Å². The molecule has 3 aromatic carbocycles. The molecule has 0 radical (unpaired) electrons. The number of hydrogen-bond donors (Lipinski definition) is 1. The highest BCUT2D eigenvalue weighted by Crippen LogP contribution is 2.31. The van der Waals surface area contributed by atoms with E-state index in [0.29, 0.717) is 12.2 Å². The molecule has 0 spiro atoms. The van der Waals surface area contributed by atoms with E-state index in [2.05, 4.69) is 5.32 Å². The average molecular weight is 469 g/mol. The number of benzene rings is 3. The summed E-state index contributed by atoms with van der Waals surface area (Å²) >= 11 is 0. The molecule has 170 valence electrons. The summed E-state index contributed by atoms with van der Waals surface area (Å²) < 4.78 is 46.3. The molecule has 0 saturated carbocycles. The van der Waals surface area contributed by atoms with Gasteiger partial charge in [0.1, 0.15) is 5.82 Å². The van der Waals surface area contributed by atoms with Gasteiger partial charge in [0.05, 0.1) is 21.8 Å². The number of hydrogen-bond acceptors (Lipinski definition) is 5. The number of ether oxygens (including phenoxy) is 1. The number of amides is 1. The molecule has 1 N–H and O–H groups in total. The molecule has 0 aliphatic carbocycles. The van der Waals surface area contributed by atoms with E-state index in [0.717, 1.165) is 18.4 Å². The molecule has 1 amide bonds. The maximum atomic E-state index is 13.6. The third-order valence-electron chi connectivity index (χ3n) is 5.23. The lowest BCUT2D eigenvalue weighted by Gasteiger charge is -2.30. The molecule has 33 heavy (non-hydrogen) atoms. The number of fused-ring (bicyclic) bond motifs is 1. The van der Waals surface area contributed by atoms with Crippen LogP contribution in [0.4, 0.5) is 15.8 Å². The van der Waals surface area contributed by atoms with Crippen molar-refractivity contribution >= 4 is 33.3 Å². The summed E-state index contributed by atoms with van der Waals surface area (Å²) in [6.07, 6.45) is 1.53. The van der Waals surface area contributed by atoms with Crippen molar-refractivity contribution < 1.29 is 27.1 Å². The van der Waals surface area contributed by atoms with Gasteiger partial charge in [-0.1, -0.05) is 30.3 Å². The number of nitrogens with zero attached hydrogens (tertiary/aromatic N) is 1. The zero-order valence-corrected chi connectivity index (χ0v) is 18.3. The molecule has 4 rings (SSSR count). The first kappa shape index (κ1) is 22.5. The molecule has 0 unspecified atom stereocenters. The number of nitrogens with one attached hydrogen (secondary N) is 1. The van der Waals surface area contributed by atoms with E-state index in [4.69, 9.17) is 4.74 Å². The van der Waals surface area contributed by atoms with E-state index >= 15 is 0 Å². The lowest BCUT2D eigenvalue weighted by Crippen LogP contribution is -2.35. The summed E-state index contributed by atoms with van der Waals surface area (Å²) in [5.74, 6) is -2.10. The van der Waals surface area contributed by atoms with Crippen molar-refractivity contribution in [1.29, 1.82) is 0 Å². The molecule has 0 atom stereocenters. The van der Waals surface area contributed by atoms with E-state index in [1.165, 1.54) is 46.8 Å². The Kier molecular flexibility index (Phi) is 6.41. The molecular formula is C24H21FN2O5S. The SMILES string of the molecule is O=C(COC(=O)c1ccc(S(=O)(=O)N2CCCc3ccccc32)cc1)Nc1ccccc1F. The van der Waals surface area contributed by atoms with Crippen molar-refractivity contribution in [2.45, 2.75) is 17.7 Å². The van der Waals surface area contributed by atoms with E-state index < -0.39 is 34.3 Å². The number of carbonyl (C=O) groups is 2. The van der Waals surface area contributed by atoms with Crippen LogP contribution in [0.5, 0.6) is 0 Å². The normalized spacial score (nSPS) is 13.2. The highest BCUT2D eigenvalue weighted by atomic mass is 32.2. The second-order valence-electron chi connectivity index (χ2n) is 7.44. The first-order chi connectivity index (χ1) is 15.9. The van der Waals surface area contributed by atoms with Crippen molar-refractivity contribution in [2.24, 2.45) is 0 Å². The van der Waals surface area contributed by atoms with E-state index in [9.17, 15) is 22.4 Å². The Balaban J connectivity index is 1.41. The van der Waals surface area contributed by atoms with Gasteiger partial charge in [-0.25, -0.2) is 17.6 Å². The smallest absolute Gasteiger partial charge is 0.338 e. The van der Waals surface area contributed by atoms with Gasteiger partial charge in [0.25, 0.3) is 15.9 Å². The van der Waals surface area contributed by atoms with Gasteiger partial charge in [-0.05, 0) is 60.9 Å². The van der Waals surface area contributed by atoms with Crippen LogP contribution in [-0.2, 0) is 26.0 Å². The largest absolute Gasteiger partial charge is 0.452 e. The molecule has 1 aliphatic rings. The standard InChI is InChI=1S/C24H21FN2O5S/c25-20-8-2-3-9-21(20)26-23(28)16-32-24(29)18-11-13-19(14-12-18)33(30,31)27-15-5-7-17-6-1-4-10-22(17)27/h1-4,6,8-14H,5,7,15-16H2,(H,26,28). The minimum Gasteiger partial charge on any atom is -0.452 e. The molecule has 0 bridgehead atoms. The summed E-state index contributed by atoms with van der Waals surface area (Å²) in [6, 6.07) is 18.3. The van der Waals surface area contributed by atoms with Gasteiger partial charge >= 0.3 is 5.97 Å². The third kappa shape index (κ3) is 4.88. The number of aryl methyl sites for hydroxylation is 1. The van der Waals surface area contributed by atoms with Gasteiger partial charge in [-0.15, -0.1) is 0 Å². The van der Waals surface area contributed by atoms with E-state index in [-0.39, 0.29) is 16.1 Å². The number of anilines is 2. The molecule has 1 aliphatic heterocycles. The Bertz CT molecular complexity index is 1290. The van der Waals surface area contributed by atoms with Crippen LogP contribution in [0.3, 0.4) is 0 Å². The summed E-state index contributed by atoms with van der Waals surface area (Å²) in [5, 5.41) is 2.31. The molecule has 9 heteroatoms. The summed E-state index contributed by atoms with van der Waals surface area (Å²) in [6.45, 7) is -0.238. The Morgan fingerprint density at radius 3 is 2.42 bits per heavy atom. The Hall–Kier alpha value is -3.72. The van der Waals surface area contributed by atoms with Gasteiger partial charge in [-0.3, -0.25) is 9.10 Å². The maximum absolute atomic E-state index is 13.6. The molecule has 0 fully saturated rings. The Morgan fingerprint density at radius 2 is 1.67 bits per heavy atom. The van der Waals surface area contributed by atoms with Crippen LogP contribution in [0.1, 0.15) is 22.3 Å². The van der Waals surface area contributed by atoms with Crippen LogP contribution >= 0.6 is 0 Å². The molecular weight excluding hydrogens is 447 g/mol. The van der Waals surface area contributed by atoms with E-state index in [1.807, 2.05) is 12.1 Å². The topological polar surface area (TPSA) is 92.8 Å². The van der Waals surface area contributed by atoms with Crippen molar-refractivity contribution in [3.63, 3.8) is 0 Å². The molecule has 0 saturated heterocycles. The van der Waals surface area contributed by atoms with Crippen LogP contribution in [0.15, 0.2) is 77.7 Å². The fraction of sp³-hybridized carbons (Fsp3) is 0.167. The fourth-order valence-corrected chi connectivity index (χ4v) is 5.14. The zero-order valence-electron chi connectivity index (χ0n) is 17.5. The van der Waals surface area contributed by atoms with Crippen molar-refractivity contribution in [3.8, 4) is 0 Å². The number of rotatable bonds is 6. The van der Waals surface area contributed by atoms with Crippen molar-refractivity contribution in [1.82, 2.24) is 0 Å². The maximum Gasteiger partial charge on any atom is 0.338 e. The number of carbonyl (C=O) groups excluding carboxylic acids is 2. The quantitative estimate of drug-likeness (QED) is 0.556. The lowest BCUT2D eigenvalue weighted by atomic mass is 10.0. The molecule has 3 aromatic rings. The lowest BCUT2D eigenvalue weighted by molar-refractivity contribution is -0.119. The fourth-order valence-electron chi connectivity index (χ4n) is 3.60. The monoisotopic (exact) mass is 468 g/mol. The summed E-state index contributed by atoms with van der Waals surface area (Å²) in [7, 11) is -3.80. The van der Waals surface area contributed by atoms with Gasteiger partial charge in [-0.2, -0.15) is 0 Å². The second-order valence-corrected chi connectivity index (χ2v) is 9.30. The Morgan fingerprint density at radius 1 is 0.970 bits per heavy atom. The number of sulfonamides is 1. The van der Waals surface area contributed by atoms with Crippen LogP contribution in [0, 0.1) is 5.82 Å². The van der Waals surface area contributed by atoms with Crippen LogP contribution < -0.4 is 9.62 Å². The first-order valence-electron chi connectivity index (χ1n) is 10.3. The third-order valence-corrected chi connectivity index (χ3v) is 7.06. The zero-order chi connectivity index (χ0) is 23.4. The summed E-state index contributed by atoms with van der Waals surface area (Å²) in [4.78, 5) is 24.2. The van der Waals surface area contributed by atoms with Crippen molar-refractivity contribution in [2.75, 3.05) is 22.8 Å². The van der Waals surface area contributed by atoms with Crippen molar-refractivity contribution in [3.05, 3.63) is 89.7 Å². The van der Waals surface area contributed by atoms with Crippen LogP contribution in [0.25, 0.3) is 0 Å². The predicted molar refractivity (Wildman–Crippen MR) is 121 cm³/mol. The van der Waals surface area contributed by atoms with Crippen LogP contribution in [0.2, 0.25) is 0 Å². The molecule has 1 heterocycles. The number of esters is 1. The highest BCUT2D eigenvalue weighted by molar-refractivity contribution is 7.92. The Labute approximate surface area is 190 Å². The van der Waals surface area contributed by atoms with Gasteiger partial charge < -0.3 is 10.1 Å². The van der Waals surface area contributed by atoms with Crippen LogP contribution in [-0.4, -0.2) is 33.4 Å². The average Bonchev–Trinajstić information content (AvgIpc) is 2.83. The van der Waals surface area contributed by atoms with Gasteiger partial charge in [0.15, 0.2) is 6.61 Å². The number of halogens is 1.